The van der Waals surface area contributed by atoms with Crippen molar-refractivity contribution in [2.45, 2.75) is 0 Å². The molecule has 3 nitrogen and oxygen atoms in total. The summed E-state index contributed by atoms with van der Waals surface area (Å²) in [6.45, 7) is 0. The summed E-state index contributed by atoms with van der Waals surface area (Å²) in [6.07, 6.45) is 0. The normalized spacial score (nSPS) is 12.8. The molecular weight excluding hydrogens is 244 g/mol. The standard InChI is InChI=1S/C14H8N2OS/c15-9-5-1-3-7-11(9)14(17)8-4-2-6-10-12(8)13(7)16-18-10/h1-6H,15H2. The second kappa shape index (κ2) is 3.17. The quantitative estimate of drug-likeness (QED) is 0.489. The second-order valence-electron chi connectivity index (χ2n) is 4.31. The first-order valence-corrected chi connectivity index (χ1v) is 6.36. The average Bonchev–Trinajstić information content (AvgIpc) is 2.80. The molecule has 0 fully saturated rings. The van der Waals surface area contributed by atoms with Crippen molar-refractivity contribution in [3.63, 3.8) is 0 Å². The van der Waals surface area contributed by atoms with Crippen LogP contribution in [0.1, 0.15) is 15.9 Å². The van der Waals surface area contributed by atoms with Gasteiger partial charge in [-0.25, -0.2) is 0 Å². The molecule has 4 rings (SSSR count). The van der Waals surface area contributed by atoms with Crippen molar-refractivity contribution >= 4 is 33.1 Å². The van der Waals surface area contributed by atoms with Crippen molar-refractivity contribution in [2.75, 3.05) is 5.73 Å². The molecule has 3 aromatic rings. The van der Waals surface area contributed by atoms with Crippen molar-refractivity contribution in [1.82, 2.24) is 4.37 Å². The van der Waals surface area contributed by atoms with Gasteiger partial charge in [0.1, 0.15) is 0 Å². The monoisotopic (exact) mass is 252 g/mol. The SMILES string of the molecule is Nc1cccc2c1C(=O)c1cccc3snc-2c13. The number of nitrogen functional groups attached to an aromatic ring is 1. The molecule has 18 heavy (non-hydrogen) atoms. The van der Waals surface area contributed by atoms with Gasteiger partial charge in [-0.1, -0.05) is 24.3 Å². The number of ketones is 1. The summed E-state index contributed by atoms with van der Waals surface area (Å²) in [5, 5.41) is 0.964. The number of hydrogen-bond acceptors (Lipinski definition) is 4. The Balaban J connectivity index is 2.27. The molecule has 0 saturated carbocycles. The predicted molar refractivity (Wildman–Crippen MR) is 72.9 cm³/mol. The molecule has 4 heteroatoms. The summed E-state index contributed by atoms with van der Waals surface area (Å²) >= 11 is 1.42. The fourth-order valence-corrected chi connectivity index (χ4v) is 3.34. The number of carbonyl (C=O) groups is 1. The zero-order chi connectivity index (χ0) is 12.3. The number of hydrogen-bond donors (Lipinski definition) is 1. The van der Waals surface area contributed by atoms with Gasteiger partial charge in [0.2, 0.25) is 0 Å². The van der Waals surface area contributed by atoms with Gasteiger partial charge < -0.3 is 5.73 Å². The van der Waals surface area contributed by atoms with Crippen LogP contribution in [0.5, 0.6) is 0 Å². The van der Waals surface area contributed by atoms with E-state index in [4.69, 9.17) is 5.73 Å². The maximum atomic E-state index is 12.5. The highest BCUT2D eigenvalue weighted by atomic mass is 32.1. The molecule has 1 heterocycles. The fourth-order valence-electron chi connectivity index (χ4n) is 2.52. The van der Waals surface area contributed by atoms with Crippen molar-refractivity contribution in [3.8, 4) is 11.3 Å². The van der Waals surface area contributed by atoms with Crippen molar-refractivity contribution < 1.29 is 4.79 Å². The molecule has 0 atom stereocenters. The minimum absolute atomic E-state index is 0.00130. The van der Waals surface area contributed by atoms with E-state index in [1.807, 2.05) is 30.3 Å². The van der Waals surface area contributed by atoms with Gasteiger partial charge in [0, 0.05) is 22.2 Å². The number of anilines is 1. The third-order valence-corrected chi connectivity index (χ3v) is 4.13. The molecule has 0 unspecified atom stereocenters. The Hall–Kier alpha value is -2.20. The smallest absolute Gasteiger partial charge is 0.196 e. The highest BCUT2D eigenvalue weighted by molar-refractivity contribution is 7.13. The molecule has 1 aromatic heterocycles. The Labute approximate surface area is 107 Å². The number of nitrogens with two attached hydrogens (primary N) is 1. The molecule has 0 bridgehead atoms. The first-order valence-electron chi connectivity index (χ1n) is 5.59. The van der Waals surface area contributed by atoms with Crippen molar-refractivity contribution in [3.05, 3.63) is 47.5 Å². The van der Waals surface area contributed by atoms with E-state index in [-0.39, 0.29) is 5.78 Å². The van der Waals surface area contributed by atoms with Crippen LogP contribution in [0.2, 0.25) is 0 Å². The molecule has 0 spiro atoms. The molecule has 86 valence electrons. The summed E-state index contributed by atoms with van der Waals surface area (Å²) in [5.41, 5.74) is 9.49. The Kier molecular flexibility index (Phi) is 1.73. The molecule has 1 aliphatic rings. The number of rotatable bonds is 0. The molecule has 0 aliphatic heterocycles. The first-order chi connectivity index (χ1) is 8.77. The Morgan fingerprint density at radius 2 is 1.83 bits per heavy atom. The van der Waals surface area contributed by atoms with E-state index < -0.39 is 0 Å². The lowest BCUT2D eigenvalue weighted by atomic mass is 9.87. The average molecular weight is 252 g/mol. The summed E-state index contributed by atoms with van der Waals surface area (Å²) in [7, 11) is 0. The van der Waals surface area contributed by atoms with Crippen LogP contribution < -0.4 is 5.73 Å². The molecule has 2 N–H and O–H groups in total. The van der Waals surface area contributed by atoms with Crippen LogP contribution in [0.15, 0.2) is 36.4 Å². The molecule has 1 aliphatic carbocycles. The number of benzene rings is 2. The summed E-state index contributed by atoms with van der Waals surface area (Å²) in [5.74, 6) is 0.00130. The van der Waals surface area contributed by atoms with Crippen LogP contribution in [0.4, 0.5) is 5.69 Å². The van der Waals surface area contributed by atoms with Crippen LogP contribution in [0.3, 0.4) is 0 Å². The number of nitrogens with zero attached hydrogens (tertiary/aromatic N) is 1. The minimum atomic E-state index is 0.00130. The molecule has 2 aromatic carbocycles. The van der Waals surface area contributed by atoms with Gasteiger partial charge in [-0.3, -0.25) is 4.79 Å². The highest BCUT2D eigenvalue weighted by Crippen LogP contribution is 2.41. The Morgan fingerprint density at radius 1 is 1.06 bits per heavy atom. The topological polar surface area (TPSA) is 56.0 Å². The summed E-state index contributed by atoms with van der Waals surface area (Å²) in [6, 6.07) is 11.3. The highest BCUT2D eigenvalue weighted by Gasteiger charge is 2.28. The Morgan fingerprint density at radius 3 is 2.72 bits per heavy atom. The fraction of sp³-hybridized carbons (Fsp3) is 0. The van der Waals surface area contributed by atoms with Crippen LogP contribution in [-0.4, -0.2) is 10.2 Å². The van der Waals surface area contributed by atoms with E-state index in [0.717, 1.165) is 21.3 Å². The zero-order valence-electron chi connectivity index (χ0n) is 9.31. The van der Waals surface area contributed by atoms with Gasteiger partial charge in [0.15, 0.2) is 5.78 Å². The lowest BCUT2D eigenvalue weighted by molar-refractivity contribution is 0.104. The van der Waals surface area contributed by atoms with E-state index in [1.54, 1.807) is 6.07 Å². The van der Waals surface area contributed by atoms with Crippen LogP contribution in [-0.2, 0) is 0 Å². The summed E-state index contributed by atoms with van der Waals surface area (Å²) in [4.78, 5) is 12.5. The third-order valence-electron chi connectivity index (χ3n) is 3.32. The van der Waals surface area contributed by atoms with Gasteiger partial charge in [-0.05, 0) is 23.7 Å². The predicted octanol–water partition coefficient (Wildman–Crippen LogP) is 3.09. The molecule has 0 radical (unpaired) electrons. The van der Waals surface area contributed by atoms with Gasteiger partial charge in [0.05, 0.1) is 16.0 Å². The van der Waals surface area contributed by atoms with Gasteiger partial charge >= 0.3 is 0 Å². The lowest BCUT2D eigenvalue weighted by Gasteiger charge is -2.16. The number of fused-ring (bicyclic) bond motifs is 2. The third kappa shape index (κ3) is 1.03. The maximum absolute atomic E-state index is 12.5. The molecular formula is C14H8N2OS. The maximum Gasteiger partial charge on any atom is 0.196 e. The summed E-state index contributed by atoms with van der Waals surface area (Å²) < 4.78 is 5.52. The number of carbonyl (C=O) groups excluding carboxylic acids is 1. The van der Waals surface area contributed by atoms with Gasteiger partial charge in [-0.15, -0.1) is 0 Å². The van der Waals surface area contributed by atoms with Gasteiger partial charge in [-0.2, -0.15) is 4.37 Å². The van der Waals surface area contributed by atoms with Crippen LogP contribution in [0, 0.1) is 0 Å². The van der Waals surface area contributed by atoms with E-state index in [2.05, 4.69) is 4.37 Å². The van der Waals surface area contributed by atoms with Crippen molar-refractivity contribution in [1.29, 1.82) is 0 Å². The lowest BCUT2D eigenvalue weighted by Crippen LogP contribution is -2.11. The van der Waals surface area contributed by atoms with E-state index in [9.17, 15) is 4.79 Å². The molecule has 0 saturated heterocycles. The van der Waals surface area contributed by atoms with E-state index >= 15 is 0 Å². The molecule has 0 amide bonds. The van der Waals surface area contributed by atoms with Crippen molar-refractivity contribution in [2.24, 2.45) is 0 Å². The van der Waals surface area contributed by atoms with Gasteiger partial charge in [0.25, 0.3) is 0 Å². The van der Waals surface area contributed by atoms with E-state index in [1.165, 1.54) is 11.5 Å². The van der Waals surface area contributed by atoms with Crippen LogP contribution >= 0.6 is 11.5 Å². The first kappa shape index (κ1) is 9.79. The Bertz CT molecular complexity index is 820. The minimum Gasteiger partial charge on any atom is -0.398 e. The number of aromatic nitrogens is 1. The van der Waals surface area contributed by atoms with E-state index in [0.29, 0.717) is 16.8 Å². The largest absolute Gasteiger partial charge is 0.398 e. The van der Waals surface area contributed by atoms with Crippen LogP contribution in [0.25, 0.3) is 21.3 Å². The second-order valence-corrected chi connectivity index (χ2v) is 5.11. The zero-order valence-corrected chi connectivity index (χ0v) is 10.1.